The lowest BCUT2D eigenvalue weighted by atomic mass is 10.1. The summed E-state index contributed by atoms with van der Waals surface area (Å²) in [5.74, 6) is -2.34. The van der Waals surface area contributed by atoms with E-state index in [0.717, 1.165) is 69.2 Å². The first kappa shape index (κ1) is 26.7. The van der Waals surface area contributed by atoms with E-state index in [9.17, 15) is 22.4 Å². The van der Waals surface area contributed by atoms with Gasteiger partial charge in [-0.25, -0.2) is 4.39 Å². The predicted octanol–water partition coefficient (Wildman–Crippen LogP) is 4.79. The maximum absolute atomic E-state index is 14.7. The molecule has 2 aromatic rings. The lowest BCUT2D eigenvalue weighted by molar-refractivity contribution is -0.138. The van der Waals surface area contributed by atoms with Crippen LogP contribution in [0.15, 0.2) is 46.3 Å². The molecule has 0 radical (unpaired) electrons. The maximum Gasteiger partial charge on any atom is 0.420 e. The number of amides is 1. The fourth-order valence-electron chi connectivity index (χ4n) is 3.67. The fraction of sp³-hybridized carbons (Fsp3) is 0.320. The second kappa shape index (κ2) is 11.8. The summed E-state index contributed by atoms with van der Waals surface area (Å²) in [6, 6.07) is 8.06. The van der Waals surface area contributed by atoms with Gasteiger partial charge in [0.2, 0.25) is 0 Å². The Morgan fingerprint density at radius 2 is 1.95 bits per heavy atom. The number of morpholine rings is 1. The maximum atomic E-state index is 14.7. The molecule has 1 amide bonds. The van der Waals surface area contributed by atoms with Crippen molar-refractivity contribution in [2.75, 3.05) is 39.4 Å². The summed E-state index contributed by atoms with van der Waals surface area (Å²) in [6.45, 7) is 4.68. The van der Waals surface area contributed by atoms with Crippen molar-refractivity contribution < 1.29 is 31.8 Å². The summed E-state index contributed by atoms with van der Waals surface area (Å²) in [7, 11) is 0. The number of carbonyl (C=O) groups is 1. The van der Waals surface area contributed by atoms with Gasteiger partial charge in [0.15, 0.2) is 16.7 Å². The van der Waals surface area contributed by atoms with Crippen molar-refractivity contribution in [1.29, 1.82) is 5.26 Å². The van der Waals surface area contributed by atoms with Crippen LogP contribution in [-0.2, 0) is 15.7 Å². The van der Waals surface area contributed by atoms with Gasteiger partial charge in [-0.2, -0.15) is 18.4 Å². The number of ether oxygens (including phenoxy) is 2. The number of thioether (sulfide) groups is 1. The number of nitrogens with one attached hydrogen (secondary N) is 1. The molecule has 37 heavy (non-hydrogen) atoms. The van der Waals surface area contributed by atoms with Crippen LogP contribution in [0, 0.1) is 17.1 Å². The Morgan fingerprint density at radius 1 is 1.19 bits per heavy atom. The van der Waals surface area contributed by atoms with Gasteiger partial charge in [-0.1, -0.05) is 6.07 Å². The molecule has 0 saturated carbocycles. The van der Waals surface area contributed by atoms with Crippen LogP contribution in [0.3, 0.4) is 0 Å². The molecule has 2 aromatic carbocycles. The van der Waals surface area contributed by atoms with Gasteiger partial charge in [-0.05, 0) is 60.2 Å². The summed E-state index contributed by atoms with van der Waals surface area (Å²) < 4.78 is 65.3. The zero-order chi connectivity index (χ0) is 26.4. The highest BCUT2D eigenvalue weighted by molar-refractivity contribution is 8.18. The number of halogens is 4. The van der Waals surface area contributed by atoms with Crippen LogP contribution in [0.1, 0.15) is 23.1 Å². The first-order chi connectivity index (χ1) is 17.7. The van der Waals surface area contributed by atoms with Gasteiger partial charge in [0.25, 0.3) is 5.91 Å². The molecule has 2 aliphatic heterocycles. The number of hydrogen-bond donors (Lipinski definition) is 1. The fourth-order valence-corrected chi connectivity index (χ4v) is 4.52. The Morgan fingerprint density at radius 3 is 2.65 bits per heavy atom. The number of carbonyl (C=O) groups excluding carboxylic acids is 1. The molecule has 194 valence electrons. The Bertz CT molecular complexity index is 1270. The summed E-state index contributed by atoms with van der Waals surface area (Å²) in [5, 5.41) is 12.0. The minimum Gasteiger partial charge on any atom is -0.454 e. The summed E-state index contributed by atoms with van der Waals surface area (Å²) in [4.78, 5) is 19.3. The zero-order valence-electron chi connectivity index (χ0n) is 19.5. The molecule has 2 saturated heterocycles. The van der Waals surface area contributed by atoms with Gasteiger partial charge in [-0.3, -0.25) is 14.7 Å². The van der Waals surface area contributed by atoms with Crippen molar-refractivity contribution in [3.8, 4) is 17.6 Å². The molecule has 12 heteroatoms. The minimum absolute atomic E-state index is 0.200. The van der Waals surface area contributed by atoms with E-state index in [2.05, 4.69) is 15.2 Å². The van der Waals surface area contributed by atoms with Crippen molar-refractivity contribution in [3.63, 3.8) is 0 Å². The van der Waals surface area contributed by atoms with E-state index in [4.69, 9.17) is 14.7 Å². The second-order valence-corrected chi connectivity index (χ2v) is 9.20. The van der Waals surface area contributed by atoms with E-state index < -0.39 is 29.1 Å². The molecule has 4 rings (SSSR count). The number of aliphatic imine (C=N–C) groups is 1. The molecule has 2 fully saturated rings. The number of nitriles is 1. The van der Waals surface area contributed by atoms with Gasteiger partial charge in [0, 0.05) is 26.2 Å². The van der Waals surface area contributed by atoms with Crippen LogP contribution >= 0.6 is 11.8 Å². The van der Waals surface area contributed by atoms with Crippen LogP contribution < -0.4 is 10.1 Å². The largest absolute Gasteiger partial charge is 0.454 e. The first-order valence-corrected chi connectivity index (χ1v) is 12.2. The lowest BCUT2D eigenvalue weighted by Crippen LogP contribution is -2.37. The topological polar surface area (TPSA) is 86.9 Å². The van der Waals surface area contributed by atoms with E-state index in [1.54, 1.807) is 6.07 Å². The molecule has 7 nitrogen and oxygen atoms in total. The highest BCUT2D eigenvalue weighted by Gasteiger charge is 2.35. The van der Waals surface area contributed by atoms with Crippen LogP contribution in [0.25, 0.3) is 6.08 Å². The lowest BCUT2D eigenvalue weighted by Gasteiger charge is -2.26. The highest BCUT2D eigenvalue weighted by Crippen LogP contribution is 2.39. The molecular weight excluding hydrogens is 512 g/mol. The van der Waals surface area contributed by atoms with Crippen LogP contribution in [0.2, 0.25) is 0 Å². The molecule has 2 heterocycles. The van der Waals surface area contributed by atoms with Crippen molar-refractivity contribution in [3.05, 3.63) is 63.8 Å². The summed E-state index contributed by atoms with van der Waals surface area (Å²) in [5.41, 5.74) is -1.06. The van der Waals surface area contributed by atoms with Crippen LogP contribution in [0.4, 0.5) is 17.6 Å². The average molecular weight is 535 g/mol. The van der Waals surface area contributed by atoms with Crippen molar-refractivity contribution in [2.24, 2.45) is 4.99 Å². The third kappa shape index (κ3) is 7.09. The Balaban J connectivity index is 1.40. The number of hydrogen-bond acceptors (Lipinski definition) is 7. The zero-order valence-corrected chi connectivity index (χ0v) is 20.3. The molecule has 0 bridgehead atoms. The third-order valence-electron chi connectivity index (χ3n) is 5.53. The molecular formula is C25H22F4N4O3S. The molecule has 0 spiro atoms. The van der Waals surface area contributed by atoms with Crippen LogP contribution in [0.5, 0.6) is 11.5 Å². The van der Waals surface area contributed by atoms with Crippen molar-refractivity contribution in [2.45, 2.75) is 12.6 Å². The number of alkyl halides is 3. The monoisotopic (exact) mass is 534 g/mol. The standard InChI is InChI=1S/C25H22F4N4O3S/c26-19-13-16(2-5-21(19)36-20-4-3-17(15-30)12-18(20)25(27,28)29)14-22-23(34)32-24(37-22)31-6-1-7-33-8-10-35-11-9-33/h2-5,12-14H,1,6-11H2,(H,31,32,34)/b22-14-. The number of benzene rings is 2. The van der Waals surface area contributed by atoms with Crippen molar-refractivity contribution in [1.82, 2.24) is 10.2 Å². The summed E-state index contributed by atoms with van der Waals surface area (Å²) >= 11 is 1.13. The van der Waals surface area contributed by atoms with E-state index in [1.165, 1.54) is 18.2 Å². The highest BCUT2D eigenvalue weighted by atomic mass is 32.2. The molecule has 0 unspecified atom stereocenters. The number of nitrogens with zero attached hydrogens (tertiary/aromatic N) is 3. The molecule has 0 aliphatic carbocycles. The van der Waals surface area contributed by atoms with E-state index in [0.29, 0.717) is 28.2 Å². The number of rotatable bonds is 7. The normalized spacial score (nSPS) is 18.7. The Kier molecular flexibility index (Phi) is 8.48. The second-order valence-electron chi connectivity index (χ2n) is 8.17. The first-order valence-electron chi connectivity index (χ1n) is 11.4. The van der Waals surface area contributed by atoms with E-state index >= 15 is 0 Å². The molecule has 0 aromatic heterocycles. The third-order valence-corrected chi connectivity index (χ3v) is 6.48. The Hall–Kier alpha value is -3.40. The average Bonchev–Trinajstić information content (AvgIpc) is 3.22. The van der Waals surface area contributed by atoms with Gasteiger partial charge >= 0.3 is 6.18 Å². The van der Waals surface area contributed by atoms with Gasteiger partial charge < -0.3 is 14.8 Å². The smallest absolute Gasteiger partial charge is 0.420 e. The van der Waals surface area contributed by atoms with E-state index in [-0.39, 0.29) is 11.5 Å². The van der Waals surface area contributed by atoms with E-state index in [1.807, 2.05) is 0 Å². The van der Waals surface area contributed by atoms with Crippen molar-refractivity contribution >= 4 is 28.9 Å². The Labute approximate surface area is 214 Å². The molecule has 2 aliphatic rings. The summed E-state index contributed by atoms with van der Waals surface area (Å²) in [6.07, 6.45) is -2.50. The minimum atomic E-state index is -4.79. The number of amidine groups is 1. The van der Waals surface area contributed by atoms with Crippen LogP contribution in [-0.4, -0.2) is 55.4 Å². The molecule has 1 N–H and O–H groups in total. The van der Waals surface area contributed by atoms with Gasteiger partial charge in [-0.15, -0.1) is 0 Å². The quantitative estimate of drug-likeness (QED) is 0.312. The predicted molar refractivity (Wildman–Crippen MR) is 131 cm³/mol. The van der Waals surface area contributed by atoms with Gasteiger partial charge in [0.05, 0.1) is 35.3 Å². The molecule has 0 atom stereocenters. The SMILES string of the molecule is N#Cc1ccc(Oc2ccc(/C=C3\SC(=NCCCN4CCOCC4)NC3=O)cc2F)c(C(F)(F)F)c1. The van der Waals surface area contributed by atoms with Gasteiger partial charge in [0.1, 0.15) is 5.75 Å².